The number of carbonyl (C=O) groups is 2. The van der Waals surface area contributed by atoms with Crippen LogP contribution in [0.5, 0.6) is 0 Å². The number of H-pyrrole nitrogens is 2. The van der Waals surface area contributed by atoms with Gasteiger partial charge in [0.25, 0.3) is 0 Å². The maximum absolute atomic E-state index is 16.0. The van der Waals surface area contributed by atoms with Crippen LogP contribution in [0.4, 0.5) is 5.82 Å². The van der Waals surface area contributed by atoms with E-state index in [1.165, 1.54) is 6.33 Å². The first-order valence-electron chi connectivity index (χ1n) is 34.2. The van der Waals surface area contributed by atoms with Gasteiger partial charge in [0.05, 0.1) is 60.7 Å². The molecule has 2 aromatic heterocycles. The number of nitrogens with one attached hydrogen (secondary N) is 6. The summed E-state index contributed by atoms with van der Waals surface area (Å²) in [5.41, 5.74) is 1.67. The number of carboxylic acid groups (broad SMARTS) is 1. The van der Waals surface area contributed by atoms with E-state index in [-0.39, 0.29) is 43.9 Å². The first kappa shape index (κ1) is 64.6. The van der Waals surface area contributed by atoms with Crippen molar-refractivity contribution in [2.75, 3.05) is 57.9 Å². The molecule has 2 aromatic rings. The molecule has 0 aromatic carbocycles. The third-order valence-electron chi connectivity index (χ3n) is 27.9. The minimum atomic E-state index is -1.72. The first-order valence-corrected chi connectivity index (χ1v) is 34.2. The number of aliphatic hydroxyl groups excluding tert-OH is 8. The van der Waals surface area contributed by atoms with Crippen molar-refractivity contribution in [3.63, 3.8) is 0 Å². The molecule has 0 unspecified atom stereocenters. The number of imidazole rings is 2. The molecule has 3 aliphatic heterocycles. The minimum absolute atomic E-state index is 0.0947. The van der Waals surface area contributed by atoms with Gasteiger partial charge in [-0.25, -0.2) is 9.97 Å². The van der Waals surface area contributed by atoms with Crippen LogP contribution in [0.2, 0.25) is 0 Å². The Labute approximate surface area is 528 Å². The van der Waals surface area contributed by atoms with Gasteiger partial charge < -0.3 is 92.4 Å². The number of aromatic amines is 2. The number of aromatic nitrogens is 4. The van der Waals surface area contributed by atoms with Crippen LogP contribution in [0, 0.1) is 114 Å². The Bertz CT molecular complexity index is 3080. The standard InChI is InChI=1S/C68H103N9O13/c1-35(2)13-20-70-21-22-71-27-38(56(69)85)51(81)49(46-29-72-33-74-46)50-41-24-42-52(82)55(90-58-54(84)53(83)47(80)30-89-58)62(4,32-79)48-12-17-63(5)67-15-8-16-68(63,64(42,48)6)37(11-10-36-9-7-14-65(36,41)59(86)77-50)23-39(67)43-26-61(3,31-78)18-19-66(43,60(87)88)44-28-73-57-45(25-40(44)67)75-34-76-57/h23,29,33-38,40-44,47-56,58,70-71,73,78-85H,7-9,12-22,24-28,30-32,69H2,1-6H3,(H,72,74)(H,75,76)(H,77,86)(H,87,88)/t36-,37+,38+,40-,41+,42-,43+,44+,47-,48-,49+,50-,51+,52-,53+,54-,55-,56+,58+,61+,62+,63+,64+,65+,66-,67+,68+/m1/s1. The molecule has 90 heavy (non-hydrogen) atoms. The van der Waals surface area contributed by atoms with Gasteiger partial charge >= 0.3 is 5.97 Å². The van der Waals surface area contributed by atoms with E-state index in [4.69, 9.17) is 20.2 Å². The van der Waals surface area contributed by atoms with Gasteiger partial charge in [0.2, 0.25) is 5.91 Å². The van der Waals surface area contributed by atoms with Crippen molar-refractivity contribution < 1.29 is 65.0 Å². The maximum Gasteiger partial charge on any atom is 0.310 e. The van der Waals surface area contributed by atoms with Crippen molar-refractivity contribution >= 4 is 17.7 Å². The van der Waals surface area contributed by atoms with Crippen LogP contribution in [0.25, 0.3) is 0 Å². The normalized spacial score (nSPS) is 46.9. The molecule has 8 aliphatic carbocycles. The minimum Gasteiger partial charge on any atom is -0.481 e. The lowest BCUT2D eigenvalue weighted by Crippen LogP contribution is -2.80. The van der Waals surface area contributed by atoms with Crippen molar-refractivity contribution in [3.8, 4) is 11.8 Å². The average molecular weight is 1250 g/mol. The monoisotopic (exact) mass is 1250 g/mol. The van der Waals surface area contributed by atoms with E-state index in [2.05, 4.69) is 88.8 Å². The lowest BCUT2D eigenvalue weighted by Gasteiger charge is -2.83. The van der Waals surface area contributed by atoms with Gasteiger partial charge in [-0.3, -0.25) is 9.59 Å². The van der Waals surface area contributed by atoms with Crippen LogP contribution in [0.3, 0.4) is 0 Å². The van der Waals surface area contributed by atoms with E-state index in [0.29, 0.717) is 95.5 Å². The van der Waals surface area contributed by atoms with Gasteiger partial charge in [-0.15, -0.1) is 0 Å². The van der Waals surface area contributed by atoms with Crippen molar-refractivity contribution in [2.24, 2.45) is 108 Å². The third-order valence-corrected chi connectivity index (χ3v) is 27.9. The van der Waals surface area contributed by atoms with Crippen LogP contribution in [-0.4, -0.2) is 185 Å². The quantitative estimate of drug-likeness (QED) is 0.0335. The number of aliphatic hydroxyl groups is 8. The second kappa shape index (κ2) is 23.4. The molecule has 22 nitrogen and oxygen atoms in total. The molecular formula is C68H103N9O13. The van der Waals surface area contributed by atoms with Crippen molar-refractivity contribution in [1.29, 1.82) is 0 Å². The number of fused-ring (bicyclic) bond motifs is 5. The fraction of sp³-hybridized carbons (Fsp3) is 0.824. The average Bonchev–Trinajstić information content (AvgIpc) is 1.61. The molecule has 5 heterocycles. The third kappa shape index (κ3) is 8.95. The molecule has 498 valence electrons. The molecule has 3 spiro atoms. The second-order valence-electron chi connectivity index (χ2n) is 31.7. The summed E-state index contributed by atoms with van der Waals surface area (Å²) in [5.74, 6) is 2.39. The summed E-state index contributed by atoms with van der Waals surface area (Å²) in [5, 5.41) is 123. The summed E-state index contributed by atoms with van der Waals surface area (Å²) in [6.45, 7) is 14.9. The number of nitrogens with two attached hydrogens (primary N) is 1. The number of aliphatic carboxylic acids is 1. The summed E-state index contributed by atoms with van der Waals surface area (Å²) >= 11 is 0. The topological polar surface area (TPSA) is 366 Å². The molecule has 2 saturated heterocycles. The molecule has 8 fully saturated rings. The Morgan fingerprint density at radius 1 is 0.889 bits per heavy atom. The Kier molecular flexibility index (Phi) is 16.8. The van der Waals surface area contributed by atoms with Gasteiger partial charge in [0.1, 0.15) is 30.4 Å². The number of carboxylic acids is 1. The number of anilines is 1. The fourth-order valence-electron chi connectivity index (χ4n) is 23.7. The Morgan fingerprint density at radius 3 is 2.40 bits per heavy atom. The van der Waals surface area contributed by atoms with Crippen LogP contribution >= 0.6 is 0 Å². The molecule has 1 amide bonds. The highest BCUT2D eigenvalue weighted by Gasteiger charge is 2.84. The molecule has 22 heteroatoms. The number of allylic oxidation sites excluding steroid dienone is 2. The molecular weight excluding hydrogens is 1150 g/mol. The zero-order valence-corrected chi connectivity index (χ0v) is 53.5. The van der Waals surface area contributed by atoms with Gasteiger partial charge in [-0.1, -0.05) is 77.9 Å². The predicted molar refractivity (Wildman–Crippen MR) is 331 cm³/mol. The lowest BCUT2D eigenvalue weighted by molar-refractivity contribution is -0.366. The smallest absolute Gasteiger partial charge is 0.310 e. The van der Waals surface area contributed by atoms with Gasteiger partial charge in [0, 0.05) is 85.2 Å². The Balaban J connectivity index is 1.03. The second-order valence-corrected chi connectivity index (χ2v) is 31.7. The molecule has 13 rings (SSSR count). The summed E-state index contributed by atoms with van der Waals surface area (Å²) in [6, 6.07) is -0.843. The molecule has 27 atom stereocenters. The van der Waals surface area contributed by atoms with Crippen LogP contribution in [0.1, 0.15) is 142 Å². The van der Waals surface area contributed by atoms with Gasteiger partial charge in [0.15, 0.2) is 6.29 Å². The van der Waals surface area contributed by atoms with E-state index < -0.39 is 158 Å². The number of hydrogen-bond acceptors (Lipinski definition) is 18. The highest BCUT2D eigenvalue weighted by molar-refractivity contribution is 5.87. The Hall–Kier alpha value is -4.06. The largest absolute Gasteiger partial charge is 0.481 e. The summed E-state index contributed by atoms with van der Waals surface area (Å²) in [4.78, 5) is 47.0. The zero-order valence-electron chi connectivity index (χ0n) is 53.5. The van der Waals surface area contributed by atoms with Crippen LogP contribution in [0.15, 0.2) is 30.5 Å². The highest BCUT2D eigenvalue weighted by Crippen LogP contribution is 2.87. The number of rotatable bonds is 18. The van der Waals surface area contributed by atoms with Gasteiger partial charge in [-0.2, -0.15) is 0 Å². The summed E-state index contributed by atoms with van der Waals surface area (Å²) < 4.78 is 13.0. The lowest BCUT2D eigenvalue weighted by atomic mass is 9.21. The van der Waals surface area contributed by atoms with E-state index in [0.717, 1.165) is 42.9 Å². The van der Waals surface area contributed by atoms with E-state index in [9.17, 15) is 50.8 Å². The van der Waals surface area contributed by atoms with E-state index in [1.54, 1.807) is 12.5 Å². The predicted octanol–water partition coefficient (Wildman–Crippen LogP) is 2.74. The van der Waals surface area contributed by atoms with Crippen LogP contribution in [-0.2, 0) is 25.5 Å². The number of nitrogens with zero attached hydrogens (tertiary/aromatic N) is 2. The summed E-state index contributed by atoms with van der Waals surface area (Å²) in [7, 11) is 0. The molecule has 0 radical (unpaired) electrons. The number of amides is 1. The maximum atomic E-state index is 16.0. The Morgan fingerprint density at radius 2 is 1.68 bits per heavy atom. The van der Waals surface area contributed by atoms with Crippen molar-refractivity contribution in [1.82, 2.24) is 35.9 Å². The van der Waals surface area contributed by atoms with Gasteiger partial charge in [-0.05, 0) is 147 Å². The van der Waals surface area contributed by atoms with Crippen molar-refractivity contribution in [2.45, 2.75) is 193 Å². The van der Waals surface area contributed by atoms with E-state index in [1.807, 2.05) is 6.92 Å². The zero-order chi connectivity index (χ0) is 63.9. The molecule has 2 bridgehead atoms. The fourth-order valence-corrected chi connectivity index (χ4v) is 23.7. The SMILES string of the molecule is CC(C)CCNCCNC[C@@H]([C@H](O)[C@@H](c1cnc[nH]1)[C@@H]1NC(=O)[C@@]23CCC[C@@H]2C#C[C@H]2C=C4[C@@H]5C[C@@](C)(CO)CC[C@]5(C(=O)O)[C@H]5CNc6nc[nH]c6C[C@H]5[C@]45CCC[C@]24[C@@]2(C)[C@H](C[C@@H]13)[C@@H](O)[C@@H](O[C@@H]1OC[C@@H](O)[C@H](O)[C@H]1O)[C@@](C)(CO)[C@H]2CC[C@]45C)[C@@H](N)O. The number of ether oxygens (including phenoxy) is 2. The summed E-state index contributed by atoms with van der Waals surface area (Å²) in [6.07, 6.45) is 3.70. The molecule has 11 aliphatic rings. The first-order chi connectivity index (χ1) is 42.9. The highest BCUT2D eigenvalue weighted by atomic mass is 16.7. The van der Waals surface area contributed by atoms with E-state index >= 15 is 4.79 Å². The number of carbonyl (C=O) groups excluding carboxylic acids is 1. The molecule has 17 N–H and O–H groups in total. The number of hydrogen-bond donors (Lipinski definition) is 16. The molecule has 6 saturated carbocycles. The van der Waals surface area contributed by atoms with Crippen LogP contribution < -0.4 is 27.0 Å². The van der Waals surface area contributed by atoms with Crippen molar-refractivity contribution in [3.05, 3.63) is 41.9 Å².